The van der Waals surface area contributed by atoms with E-state index in [4.69, 9.17) is 0 Å². The minimum Gasteiger partial charge on any atom is -0.747 e. The van der Waals surface area contributed by atoms with Gasteiger partial charge in [-0.2, -0.15) is 0 Å². The highest BCUT2D eigenvalue weighted by Crippen LogP contribution is 2.32. The van der Waals surface area contributed by atoms with Gasteiger partial charge in [0.15, 0.2) is 0 Å². The second kappa shape index (κ2) is 14.2. The van der Waals surface area contributed by atoms with Gasteiger partial charge < -0.3 is 10.7 Å². The summed E-state index contributed by atoms with van der Waals surface area (Å²) in [5.41, 5.74) is 2.76. The molecule has 0 atom stereocenters. The molecule has 170 valence electrons. The van der Waals surface area contributed by atoms with E-state index in [9.17, 15) is 13.0 Å². The lowest BCUT2D eigenvalue weighted by atomic mass is 9.91. The van der Waals surface area contributed by atoms with Crippen LogP contribution in [-0.4, -0.2) is 13.0 Å². The van der Waals surface area contributed by atoms with Gasteiger partial charge in [-0.1, -0.05) is 95.8 Å². The zero-order valence-electron chi connectivity index (χ0n) is 19.6. The molecule has 0 saturated carbocycles. The van der Waals surface area contributed by atoms with E-state index < -0.39 is 14.9 Å². The lowest BCUT2D eigenvalue weighted by Crippen LogP contribution is -2.30. The van der Waals surface area contributed by atoms with Crippen LogP contribution >= 0.6 is 0 Å². The van der Waals surface area contributed by atoms with Crippen molar-refractivity contribution < 1.29 is 13.0 Å². The van der Waals surface area contributed by atoms with Crippen LogP contribution in [0, 0.1) is 6.92 Å². The number of benzene rings is 1. The summed E-state index contributed by atoms with van der Waals surface area (Å²) in [7, 11) is -4.39. The first-order valence-corrected chi connectivity index (χ1v) is 12.7. The van der Waals surface area contributed by atoms with E-state index in [-0.39, 0.29) is 6.15 Å². The molecular weight excluding hydrogens is 382 g/mol. The van der Waals surface area contributed by atoms with Crippen LogP contribution in [0.5, 0.6) is 0 Å². The normalized spacial score (nSPS) is 12.0. The van der Waals surface area contributed by atoms with E-state index in [1.54, 1.807) is 6.07 Å². The highest BCUT2D eigenvalue weighted by atomic mass is 32.2. The molecule has 0 unspecified atom stereocenters. The average Bonchev–Trinajstić information content (AvgIpc) is 2.62. The summed E-state index contributed by atoms with van der Waals surface area (Å²) in [6.07, 6.45) is 16.9. The first kappa shape index (κ1) is 28.1. The molecule has 0 amide bonds. The Morgan fingerprint density at radius 2 is 1.28 bits per heavy atom. The van der Waals surface area contributed by atoms with E-state index in [0.717, 1.165) is 18.4 Å². The van der Waals surface area contributed by atoms with E-state index in [1.165, 1.54) is 90.0 Å². The zero-order valence-corrected chi connectivity index (χ0v) is 20.4. The van der Waals surface area contributed by atoms with Crippen molar-refractivity contribution in [3.63, 3.8) is 0 Å². The molecule has 4 N–H and O–H groups in total. The molecule has 0 spiro atoms. The second-order valence-electron chi connectivity index (χ2n) is 8.69. The molecule has 5 heteroatoms. The summed E-state index contributed by atoms with van der Waals surface area (Å²) in [4.78, 5) is 0. The van der Waals surface area contributed by atoms with Crippen LogP contribution in [0.15, 0.2) is 18.2 Å². The molecule has 1 rings (SSSR count). The van der Waals surface area contributed by atoms with Crippen molar-refractivity contribution in [3.05, 3.63) is 34.9 Å². The van der Waals surface area contributed by atoms with E-state index in [1.807, 2.05) is 13.0 Å². The maximum atomic E-state index is 11.6. The summed E-state index contributed by atoms with van der Waals surface area (Å²) < 4.78 is 33.5. The largest absolute Gasteiger partial charge is 0.747 e. The molecule has 0 aromatic heterocycles. The Hall–Kier alpha value is -0.910. The van der Waals surface area contributed by atoms with Gasteiger partial charge in [0.25, 0.3) is 0 Å². The number of quaternary nitrogens is 1. The standard InChI is InChI=1S/C24H42O3S.H3N/c1-5-6-7-8-9-10-11-12-13-14-15-16-18-22-19-17-20-23(21(22)2)24(3,4)28(25,26)27;/h17,19-20H,5-16,18H2,1-4H3,(H,25,26,27);1H3. The topological polar surface area (TPSA) is 93.7 Å². The minimum atomic E-state index is -4.39. The Morgan fingerprint density at radius 3 is 1.72 bits per heavy atom. The third-order valence-corrected chi connectivity index (χ3v) is 7.49. The van der Waals surface area contributed by atoms with Gasteiger partial charge in [0.2, 0.25) is 0 Å². The van der Waals surface area contributed by atoms with Gasteiger partial charge in [-0.3, -0.25) is 0 Å². The van der Waals surface area contributed by atoms with Gasteiger partial charge in [-0.25, -0.2) is 8.42 Å². The molecule has 0 radical (unpaired) electrons. The van der Waals surface area contributed by atoms with Crippen LogP contribution in [0.1, 0.15) is 115 Å². The van der Waals surface area contributed by atoms with Gasteiger partial charge in [0.1, 0.15) is 10.1 Å². The number of rotatable bonds is 15. The molecule has 1 aromatic rings. The number of unbranched alkanes of at least 4 members (excludes halogenated alkanes) is 11. The first-order chi connectivity index (χ1) is 13.2. The van der Waals surface area contributed by atoms with Crippen molar-refractivity contribution in [2.45, 2.75) is 116 Å². The Balaban J connectivity index is 0.00000784. The van der Waals surface area contributed by atoms with Crippen LogP contribution in [0.4, 0.5) is 0 Å². The van der Waals surface area contributed by atoms with Crippen molar-refractivity contribution in [2.24, 2.45) is 0 Å². The Kier molecular flexibility index (Phi) is 13.7. The van der Waals surface area contributed by atoms with Crippen LogP contribution in [0.3, 0.4) is 0 Å². The molecular formula is C24H45NO3S. The van der Waals surface area contributed by atoms with Crippen molar-refractivity contribution >= 4 is 10.1 Å². The van der Waals surface area contributed by atoms with Crippen LogP contribution in [-0.2, 0) is 21.3 Å². The van der Waals surface area contributed by atoms with Gasteiger partial charge in [-0.05, 0) is 50.3 Å². The molecule has 29 heavy (non-hydrogen) atoms. The fourth-order valence-corrected chi connectivity index (χ4v) is 4.39. The van der Waals surface area contributed by atoms with E-state index in [2.05, 4.69) is 13.0 Å². The second-order valence-corrected chi connectivity index (χ2v) is 10.6. The lowest BCUT2D eigenvalue weighted by Gasteiger charge is -2.30. The fraction of sp³-hybridized carbons (Fsp3) is 0.750. The molecule has 0 fully saturated rings. The summed E-state index contributed by atoms with van der Waals surface area (Å²) in [6, 6.07) is 5.71. The van der Waals surface area contributed by atoms with E-state index in [0.29, 0.717) is 5.56 Å². The number of hydrogen-bond acceptors (Lipinski definition) is 3. The number of aryl methyl sites for hydroxylation is 1. The molecule has 0 aliphatic rings. The summed E-state index contributed by atoms with van der Waals surface area (Å²) in [5.74, 6) is 0. The lowest BCUT2D eigenvalue weighted by molar-refractivity contribution is 0.427. The van der Waals surface area contributed by atoms with Crippen LogP contribution < -0.4 is 6.15 Å². The average molecular weight is 428 g/mol. The first-order valence-electron chi connectivity index (χ1n) is 11.3. The fourth-order valence-electron chi connectivity index (χ4n) is 3.90. The minimum absolute atomic E-state index is 0. The molecule has 0 aliphatic carbocycles. The van der Waals surface area contributed by atoms with Crippen molar-refractivity contribution in [1.29, 1.82) is 0 Å². The Morgan fingerprint density at radius 1 is 0.828 bits per heavy atom. The quantitative estimate of drug-likeness (QED) is 0.233. The molecule has 4 nitrogen and oxygen atoms in total. The van der Waals surface area contributed by atoms with Crippen LogP contribution in [0.2, 0.25) is 0 Å². The number of hydrogen-bond donors (Lipinski definition) is 1. The summed E-state index contributed by atoms with van der Waals surface area (Å²) >= 11 is 0. The third-order valence-electron chi connectivity index (χ3n) is 6.02. The predicted octanol–water partition coefficient (Wildman–Crippen LogP) is 7.40. The van der Waals surface area contributed by atoms with Crippen LogP contribution in [0.25, 0.3) is 0 Å². The molecule has 0 heterocycles. The van der Waals surface area contributed by atoms with Crippen molar-refractivity contribution in [2.75, 3.05) is 0 Å². The molecule has 0 bridgehead atoms. The van der Waals surface area contributed by atoms with Gasteiger partial charge in [0.05, 0.1) is 4.75 Å². The maximum absolute atomic E-state index is 11.6. The summed E-state index contributed by atoms with van der Waals surface area (Å²) in [5, 5.41) is 0. The molecule has 1 aromatic carbocycles. The highest BCUT2D eigenvalue weighted by Gasteiger charge is 2.30. The zero-order chi connectivity index (χ0) is 21.0. The maximum Gasteiger partial charge on any atom is 0.104 e. The van der Waals surface area contributed by atoms with Gasteiger partial charge in [-0.15, -0.1) is 0 Å². The SMILES string of the molecule is CCCCCCCCCCCCCCc1cccc(C(C)(C)S(=O)(=O)[O-])c1C.[NH4+]. The van der Waals surface area contributed by atoms with Crippen molar-refractivity contribution in [3.8, 4) is 0 Å². The molecule has 0 aliphatic heterocycles. The highest BCUT2D eigenvalue weighted by molar-refractivity contribution is 7.86. The Labute approximate surface area is 180 Å². The summed E-state index contributed by atoms with van der Waals surface area (Å²) in [6.45, 7) is 7.21. The predicted molar refractivity (Wildman–Crippen MR) is 125 cm³/mol. The van der Waals surface area contributed by atoms with Gasteiger partial charge in [0, 0.05) is 0 Å². The van der Waals surface area contributed by atoms with E-state index >= 15 is 0 Å². The molecule has 0 saturated heterocycles. The monoisotopic (exact) mass is 427 g/mol. The smallest absolute Gasteiger partial charge is 0.104 e. The Bertz CT molecular complexity index is 669. The third kappa shape index (κ3) is 9.63. The van der Waals surface area contributed by atoms with Crippen molar-refractivity contribution in [1.82, 2.24) is 6.15 Å². The van der Waals surface area contributed by atoms with Gasteiger partial charge >= 0.3 is 0 Å².